The highest BCUT2D eigenvalue weighted by molar-refractivity contribution is 5.53. The van der Waals surface area contributed by atoms with E-state index in [1.165, 1.54) is 12.8 Å². The van der Waals surface area contributed by atoms with Crippen molar-refractivity contribution in [2.24, 2.45) is 0 Å². The zero-order chi connectivity index (χ0) is 11.5. The van der Waals surface area contributed by atoms with Gasteiger partial charge >= 0.3 is 0 Å². The van der Waals surface area contributed by atoms with Crippen molar-refractivity contribution >= 4 is 11.5 Å². The minimum absolute atomic E-state index is 0.533. The predicted octanol–water partition coefficient (Wildman–Crippen LogP) is 1.48. The van der Waals surface area contributed by atoms with Crippen LogP contribution in [0.3, 0.4) is 0 Å². The first kappa shape index (κ1) is 11.2. The number of nitrogens with two attached hydrogens (primary N) is 1. The van der Waals surface area contributed by atoms with E-state index in [4.69, 9.17) is 5.73 Å². The second kappa shape index (κ2) is 4.70. The van der Waals surface area contributed by atoms with Crippen LogP contribution in [0.15, 0.2) is 12.3 Å². The molecule has 16 heavy (non-hydrogen) atoms. The number of aromatic nitrogens is 1. The molecule has 0 saturated carbocycles. The highest BCUT2D eigenvalue weighted by Gasteiger charge is 2.16. The van der Waals surface area contributed by atoms with Crippen LogP contribution in [0.25, 0.3) is 0 Å². The van der Waals surface area contributed by atoms with Gasteiger partial charge in [0.25, 0.3) is 0 Å². The Bertz CT molecular complexity index is 356. The molecule has 4 nitrogen and oxygen atoms in total. The van der Waals surface area contributed by atoms with Gasteiger partial charge in [0.05, 0.1) is 0 Å². The topological polar surface area (TPSA) is 54.2 Å². The molecule has 1 aliphatic rings. The molecule has 1 fully saturated rings. The molecule has 0 bridgehead atoms. The molecule has 1 saturated heterocycles. The van der Waals surface area contributed by atoms with Crippen LogP contribution in [-0.2, 0) is 0 Å². The van der Waals surface area contributed by atoms with Crippen LogP contribution < -0.4 is 11.1 Å². The third-order valence-electron chi connectivity index (χ3n) is 3.22. The average Bonchev–Trinajstić information content (AvgIpc) is 2.27. The van der Waals surface area contributed by atoms with Crippen molar-refractivity contribution in [1.82, 2.24) is 9.88 Å². The quantitative estimate of drug-likeness (QED) is 0.792. The first-order valence-corrected chi connectivity index (χ1v) is 5.82. The number of nitrogens with zero attached hydrogens (tertiary/aromatic N) is 2. The largest absolute Gasteiger partial charge is 0.398 e. The maximum Gasteiger partial charge on any atom is 0.128 e. The Hall–Kier alpha value is -1.29. The summed E-state index contributed by atoms with van der Waals surface area (Å²) >= 11 is 0. The van der Waals surface area contributed by atoms with Crippen molar-refractivity contribution in [1.29, 1.82) is 0 Å². The summed E-state index contributed by atoms with van der Waals surface area (Å²) in [5.41, 5.74) is 7.71. The molecule has 1 aromatic heterocycles. The van der Waals surface area contributed by atoms with Crippen LogP contribution >= 0.6 is 0 Å². The number of aryl methyl sites for hydroxylation is 1. The minimum atomic E-state index is 0.533. The molecule has 1 aliphatic heterocycles. The van der Waals surface area contributed by atoms with E-state index in [0.29, 0.717) is 6.04 Å². The smallest absolute Gasteiger partial charge is 0.128 e. The Morgan fingerprint density at radius 2 is 2.12 bits per heavy atom. The molecule has 4 heteroatoms. The second-order valence-corrected chi connectivity index (χ2v) is 4.65. The van der Waals surface area contributed by atoms with Crippen LogP contribution in [0.1, 0.15) is 18.4 Å². The van der Waals surface area contributed by atoms with Gasteiger partial charge in [-0.3, -0.25) is 0 Å². The summed E-state index contributed by atoms with van der Waals surface area (Å²) < 4.78 is 0. The van der Waals surface area contributed by atoms with E-state index < -0.39 is 0 Å². The summed E-state index contributed by atoms with van der Waals surface area (Å²) in [6.45, 7) is 4.28. The number of nitrogen functional groups attached to an aromatic ring is 1. The molecule has 1 aromatic rings. The number of piperidine rings is 1. The molecular weight excluding hydrogens is 200 g/mol. The fourth-order valence-electron chi connectivity index (χ4n) is 1.98. The van der Waals surface area contributed by atoms with E-state index in [0.717, 1.165) is 30.2 Å². The van der Waals surface area contributed by atoms with Gasteiger partial charge in [0.15, 0.2) is 0 Å². The van der Waals surface area contributed by atoms with Crippen LogP contribution in [0.4, 0.5) is 11.5 Å². The summed E-state index contributed by atoms with van der Waals surface area (Å²) in [5, 5.41) is 3.45. The van der Waals surface area contributed by atoms with E-state index in [9.17, 15) is 0 Å². The zero-order valence-electron chi connectivity index (χ0n) is 10.0. The second-order valence-electron chi connectivity index (χ2n) is 4.65. The molecule has 0 amide bonds. The SMILES string of the molecule is Cc1cnc(NC2CCN(C)CC2)cc1N. The van der Waals surface area contributed by atoms with Gasteiger partial charge in [-0.25, -0.2) is 4.98 Å². The van der Waals surface area contributed by atoms with E-state index in [1.54, 1.807) is 0 Å². The fraction of sp³-hybridized carbons (Fsp3) is 0.583. The van der Waals surface area contributed by atoms with Gasteiger partial charge in [-0.05, 0) is 45.5 Å². The number of pyridine rings is 1. The summed E-state index contributed by atoms with van der Waals surface area (Å²) in [6.07, 6.45) is 4.17. The molecule has 0 aliphatic carbocycles. The van der Waals surface area contributed by atoms with Gasteiger partial charge in [-0.1, -0.05) is 0 Å². The van der Waals surface area contributed by atoms with E-state index >= 15 is 0 Å². The van der Waals surface area contributed by atoms with Crippen molar-refractivity contribution in [3.05, 3.63) is 17.8 Å². The number of hydrogen-bond acceptors (Lipinski definition) is 4. The third kappa shape index (κ3) is 2.64. The molecule has 2 heterocycles. The minimum Gasteiger partial charge on any atom is -0.398 e. The van der Waals surface area contributed by atoms with Gasteiger partial charge in [-0.2, -0.15) is 0 Å². The Balaban J connectivity index is 1.96. The van der Waals surface area contributed by atoms with Crippen LogP contribution in [0.2, 0.25) is 0 Å². The number of anilines is 2. The number of likely N-dealkylation sites (tertiary alicyclic amines) is 1. The van der Waals surface area contributed by atoms with Crippen molar-refractivity contribution in [2.45, 2.75) is 25.8 Å². The van der Waals surface area contributed by atoms with Crippen molar-refractivity contribution < 1.29 is 0 Å². The number of rotatable bonds is 2. The molecule has 0 spiro atoms. The lowest BCUT2D eigenvalue weighted by Crippen LogP contribution is -2.36. The molecular formula is C12H20N4. The van der Waals surface area contributed by atoms with Crippen LogP contribution in [-0.4, -0.2) is 36.1 Å². The standard InChI is InChI=1S/C12H20N4/c1-9-8-14-12(7-11(9)13)15-10-3-5-16(2)6-4-10/h7-8,10H,3-6H2,1-2H3,(H3,13,14,15). The molecule has 0 aromatic carbocycles. The Kier molecular flexibility index (Phi) is 3.29. The van der Waals surface area contributed by atoms with Gasteiger partial charge in [0.1, 0.15) is 5.82 Å². The molecule has 88 valence electrons. The highest BCUT2D eigenvalue weighted by atomic mass is 15.1. The van der Waals surface area contributed by atoms with E-state index in [2.05, 4.69) is 22.2 Å². The lowest BCUT2D eigenvalue weighted by molar-refractivity contribution is 0.263. The van der Waals surface area contributed by atoms with Gasteiger partial charge < -0.3 is 16.0 Å². The summed E-state index contributed by atoms with van der Waals surface area (Å²) in [5.74, 6) is 0.901. The van der Waals surface area contributed by atoms with Gasteiger partial charge in [-0.15, -0.1) is 0 Å². The summed E-state index contributed by atoms with van der Waals surface area (Å²) in [6, 6.07) is 2.46. The first-order chi connectivity index (χ1) is 7.65. The molecule has 0 unspecified atom stereocenters. The fourth-order valence-corrected chi connectivity index (χ4v) is 1.98. The van der Waals surface area contributed by atoms with Crippen molar-refractivity contribution in [3.63, 3.8) is 0 Å². The predicted molar refractivity (Wildman–Crippen MR) is 67.5 cm³/mol. The van der Waals surface area contributed by atoms with Crippen molar-refractivity contribution in [3.8, 4) is 0 Å². The maximum atomic E-state index is 5.86. The lowest BCUT2D eigenvalue weighted by atomic mass is 10.1. The van der Waals surface area contributed by atoms with Crippen LogP contribution in [0, 0.1) is 6.92 Å². The Morgan fingerprint density at radius 3 is 2.75 bits per heavy atom. The van der Waals surface area contributed by atoms with Crippen LogP contribution in [0.5, 0.6) is 0 Å². The molecule has 0 radical (unpaired) electrons. The molecule has 0 atom stereocenters. The van der Waals surface area contributed by atoms with E-state index in [-0.39, 0.29) is 0 Å². The third-order valence-corrected chi connectivity index (χ3v) is 3.22. The summed E-state index contributed by atoms with van der Waals surface area (Å²) in [4.78, 5) is 6.70. The Morgan fingerprint density at radius 1 is 1.44 bits per heavy atom. The number of nitrogens with one attached hydrogen (secondary N) is 1. The average molecular weight is 220 g/mol. The summed E-state index contributed by atoms with van der Waals surface area (Å²) in [7, 11) is 2.17. The molecule has 3 N–H and O–H groups in total. The normalized spacial score (nSPS) is 18.6. The first-order valence-electron chi connectivity index (χ1n) is 5.82. The Labute approximate surface area is 96.8 Å². The number of hydrogen-bond donors (Lipinski definition) is 2. The highest BCUT2D eigenvalue weighted by Crippen LogP contribution is 2.17. The molecule has 2 rings (SSSR count). The van der Waals surface area contributed by atoms with Gasteiger partial charge in [0, 0.05) is 24.0 Å². The maximum absolute atomic E-state index is 5.86. The monoisotopic (exact) mass is 220 g/mol. The van der Waals surface area contributed by atoms with Gasteiger partial charge in [0.2, 0.25) is 0 Å². The van der Waals surface area contributed by atoms with E-state index in [1.807, 2.05) is 19.2 Å². The zero-order valence-corrected chi connectivity index (χ0v) is 10.0. The lowest BCUT2D eigenvalue weighted by Gasteiger charge is -2.29. The van der Waals surface area contributed by atoms with Crippen molar-refractivity contribution in [2.75, 3.05) is 31.2 Å².